The molecule has 138 valence electrons. The number of ether oxygens (including phenoxy) is 1. The number of rotatable bonds is 4. The molecule has 0 bridgehead atoms. The molecule has 0 spiro atoms. The summed E-state index contributed by atoms with van der Waals surface area (Å²) in [6.45, 7) is 1.57. The summed E-state index contributed by atoms with van der Waals surface area (Å²) >= 11 is 0. The zero-order valence-corrected chi connectivity index (χ0v) is 18.0. The minimum Gasteiger partial charge on any atom is -0.545 e. The van der Waals surface area contributed by atoms with Gasteiger partial charge in [-0.1, -0.05) is 42.5 Å². The molecule has 0 aliphatic rings. The zero-order chi connectivity index (χ0) is 19.7. The van der Waals surface area contributed by atoms with E-state index in [-0.39, 0.29) is 52.0 Å². The summed E-state index contributed by atoms with van der Waals surface area (Å²) < 4.78 is 19.4. The summed E-state index contributed by atoms with van der Waals surface area (Å²) in [5, 5.41) is 11.8. The molecule has 4 rings (SSSR count). The number of pyridine rings is 1. The molecule has 0 aliphatic heterocycles. The predicted molar refractivity (Wildman–Crippen MR) is 103 cm³/mol. The number of carbonyl (C=O) groups excluding carboxylic acids is 1. The number of hydrogen-bond acceptors (Lipinski definition) is 4. The molecule has 0 saturated carbocycles. The van der Waals surface area contributed by atoms with Gasteiger partial charge in [-0.2, -0.15) is 0 Å². The van der Waals surface area contributed by atoms with Crippen LogP contribution in [0.1, 0.15) is 15.9 Å². The van der Waals surface area contributed by atoms with Gasteiger partial charge in [0, 0.05) is 16.5 Å². The van der Waals surface area contributed by atoms with Gasteiger partial charge in [0.05, 0.1) is 11.5 Å². The predicted octanol–water partition coefficient (Wildman–Crippen LogP) is 1.51. The third-order valence-corrected chi connectivity index (χ3v) is 4.53. The summed E-state index contributed by atoms with van der Waals surface area (Å²) in [7, 11) is 0. The van der Waals surface area contributed by atoms with Crippen molar-refractivity contribution in [2.24, 2.45) is 0 Å². The van der Waals surface area contributed by atoms with Gasteiger partial charge in [-0.25, -0.2) is 9.37 Å². The van der Waals surface area contributed by atoms with Crippen LogP contribution < -0.4 is 39.4 Å². The van der Waals surface area contributed by atoms with Crippen molar-refractivity contribution in [2.75, 3.05) is 0 Å². The second kappa shape index (κ2) is 8.74. The van der Waals surface area contributed by atoms with E-state index in [1.165, 1.54) is 12.1 Å². The van der Waals surface area contributed by atoms with Gasteiger partial charge in [-0.05, 0) is 48.4 Å². The Balaban J connectivity index is 0.00000240. The Morgan fingerprint density at radius 2 is 1.62 bits per heavy atom. The first-order valence-electron chi connectivity index (χ1n) is 8.67. The molecule has 0 unspecified atom stereocenters. The molecule has 4 nitrogen and oxygen atoms in total. The Kier molecular flexibility index (Phi) is 6.33. The van der Waals surface area contributed by atoms with Crippen LogP contribution in [0.3, 0.4) is 0 Å². The van der Waals surface area contributed by atoms with E-state index in [2.05, 4.69) is 4.98 Å². The maximum Gasteiger partial charge on any atom is 1.00 e. The van der Waals surface area contributed by atoms with Crippen LogP contribution in [0.5, 0.6) is 11.6 Å². The summed E-state index contributed by atoms with van der Waals surface area (Å²) in [4.78, 5) is 16.0. The van der Waals surface area contributed by atoms with Crippen molar-refractivity contribution in [2.45, 2.75) is 6.92 Å². The van der Waals surface area contributed by atoms with Gasteiger partial charge in [-0.15, -0.1) is 0 Å². The largest absolute Gasteiger partial charge is 1.00 e. The molecule has 0 amide bonds. The van der Waals surface area contributed by atoms with Crippen LogP contribution in [0.4, 0.5) is 4.39 Å². The number of halogens is 1. The Labute approximate surface area is 189 Å². The summed E-state index contributed by atoms with van der Waals surface area (Å²) in [6, 6.07) is 21.1. The van der Waals surface area contributed by atoms with Crippen LogP contribution in [0, 0.1) is 12.7 Å². The minimum atomic E-state index is -1.40. The van der Waals surface area contributed by atoms with Crippen molar-refractivity contribution < 1.29 is 48.6 Å². The molecule has 0 radical (unpaired) electrons. The van der Waals surface area contributed by atoms with Crippen molar-refractivity contribution in [1.29, 1.82) is 0 Å². The third kappa shape index (κ3) is 4.32. The van der Waals surface area contributed by atoms with Gasteiger partial charge in [0.25, 0.3) is 0 Å². The van der Waals surface area contributed by atoms with Gasteiger partial charge < -0.3 is 14.6 Å². The number of hydrogen-bond donors (Lipinski definition) is 0. The Bertz CT molecular complexity index is 1180. The van der Waals surface area contributed by atoms with Crippen LogP contribution in [-0.2, 0) is 0 Å². The average Bonchev–Trinajstić information content (AvgIpc) is 2.70. The molecular formula is C23H15FNNaO3. The number of aromatic carboxylic acids is 1. The van der Waals surface area contributed by atoms with E-state index >= 15 is 0 Å². The molecule has 0 N–H and O–H groups in total. The minimum absolute atomic E-state index is 0. The Morgan fingerprint density at radius 3 is 2.28 bits per heavy atom. The number of carboxylic acids is 1. The molecular weight excluding hydrogens is 380 g/mol. The Morgan fingerprint density at radius 1 is 0.966 bits per heavy atom. The number of carboxylic acid groups (broad SMARTS) is 1. The first-order chi connectivity index (χ1) is 13.5. The third-order valence-electron chi connectivity index (χ3n) is 4.53. The fraction of sp³-hybridized carbons (Fsp3) is 0.0435. The fourth-order valence-electron chi connectivity index (χ4n) is 3.13. The maximum absolute atomic E-state index is 13.6. The van der Waals surface area contributed by atoms with E-state index in [0.717, 1.165) is 17.2 Å². The van der Waals surface area contributed by atoms with Crippen LogP contribution >= 0.6 is 0 Å². The molecule has 0 atom stereocenters. The van der Waals surface area contributed by atoms with Gasteiger partial charge in [-0.3, -0.25) is 0 Å². The number of benzene rings is 3. The average molecular weight is 395 g/mol. The topological polar surface area (TPSA) is 62.2 Å². The summed E-state index contributed by atoms with van der Waals surface area (Å²) in [5.41, 5.74) is 2.59. The van der Waals surface area contributed by atoms with Crippen molar-refractivity contribution in [3.63, 3.8) is 0 Å². The Hall–Kier alpha value is -2.73. The molecule has 3 aromatic carbocycles. The molecule has 6 heteroatoms. The van der Waals surface area contributed by atoms with Gasteiger partial charge in [0.1, 0.15) is 11.6 Å². The van der Waals surface area contributed by atoms with Gasteiger partial charge in [0.2, 0.25) is 5.88 Å². The van der Waals surface area contributed by atoms with E-state index in [0.29, 0.717) is 11.3 Å². The number of fused-ring (bicyclic) bond motifs is 1. The van der Waals surface area contributed by atoms with E-state index < -0.39 is 11.8 Å². The number of nitrogens with zero attached hydrogens (tertiary/aromatic N) is 1. The number of aromatic nitrogens is 1. The van der Waals surface area contributed by atoms with Crippen LogP contribution in [0.25, 0.3) is 22.0 Å². The maximum atomic E-state index is 13.6. The second-order valence-electron chi connectivity index (χ2n) is 6.36. The molecule has 4 aromatic rings. The summed E-state index contributed by atoms with van der Waals surface area (Å²) in [6.07, 6.45) is 0. The first kappa shape index (κ1) is 21.0. The second-order valence-corrected chi connectivity index (χ2v) is 6.36. The van der Waals surface area contributed by atoms with E-state index in [1.807, 2.05) is 42.5 Å². The molecule has 1 aromatic heterocycles. The SMILES string of the molecule is Cc1c(Oc2ccc(-c3ccccc3)cc2)nc2ccc(F)cc2c1C(=O)[O-].[Na+]. The normalized spacial score (nSPS) is 10.4. The van der Waals surface area contributed by atoms with Gasteiger partial charge in [0.15, 0.2) is 0 Å². The molecule has 0 aliphatic carbocycles. The summed E-state index contributed by atoms with van der Waals surface area (Å²) in [5.74, 6) is -1.28. The smallest absolute Gasteiger partial charge is 0.545 e. The van der Waals surface area contributed by atoms with Gasteiger partial charge >= 0.3 is 29.6 Å². The van der Waals surface area contributed by atoms with Crippen molar-refractivity contribution in [3.8, 4) is 22.8 Å². The standard InChI is InChI=1S/C23H16FNO3.Na/c1-14-21(23(26)27)19-13-17(24)9-12-20(19)25-22(14)28-18-10-7-16(8-11-18)15-5-3-2-4-6-15;/h2-13H,1H3,(H,26,27);/q;+1/p-1. The van der Waals surface area contributed by atoms with E-state index in [9.17, 15) is 14.3 Å². The van der Waals surface area contributed by atoms with Crippen molar-refractivity contribution in [1.82, 2.24) is 4.98 Å². The first-order valence-corrected chi connectivity index (χ1v) is 8.67. The van der Waals surface area contributed by atoms with Crippen molar-refractivity contribution >= 4 is 16.9 Å². The van der Waals surface area contributed by atoms with Crippen LogP contribution in [0.2, 0.25) is 0 Å². The van der Waals surface area contributed by atoms with Crippen LogP contribution in [0.15, 0.2) is 72.8 Å². The zero-order valence-electron chi connectivity index (χ0n) is 16.0. The molecule has 0 fully saturated rings. The van der Waals surface area contributed by atoms with E-state index in [4.69, 9.17) is 4.74 Å². The van der Waals surface area contributed by atoms with Crippen LogP contribution in [-0.4, -0.2) is 11.0 Å². The molecule has 0 saturated heterocycles. The monoisotopic (exact) mass is 395 g/mol. The quantitative estimate of drug-likeness (QED) is 0.492. The molecule has 29 heavy (non-hydrogen) atoms. The fourth-order valence-corrected chi connectivity index (χ4v) is 3.13. The number of carbonyl (C=O) groups is 1. The van der Waals surface area contributed by atoms with Crippen molar-refractivity contribution in [3.05, 3.63) is 89.7 Å². The molecule has 1 heterocycles. The van der Waals surface area contributed by atoms with E-state index in [1.54, 1.807) is 19.1 Å².